The van der Waals surface area contributed by atoms with Crippen molar-refractivity contribution in [2.24, 2.45) is 29.6 Å². The van der Waals surface area contributed by atoms with Crippen molar-refractivity contribution < 1.29 is 9.59 Å². The molecule has 0 bridgehead atoms. The van der Waals surface area contributed by atoms with Crippen LogP contribution in [0, 0.1) is 29.6 Å². The summed E-state index contributed by atoms with van der Waals surface area (Å²) in [5.74, 6) is 2.95. The van der Waals surface area contributed by atoms with Crippen LogP contribution in [0.4, 0.5) is 0 Å². The third kappa shape index (κ3) is 15.4. The van der Waals surface area contributed by atoms with Gasteiger partial charge >= 0.3 is 0 Å². The van der Waals surface area contributed by atoms with Gasteiger partial charge in [0, 0.05) is 12.3 Å². The van der Waals surface area contributed by atoms with Gasteiger partial charge in [0.25, 0.3) is 0 Å². The molecule has 0 saturated carbocycles. The zero-order valence-corrected chi connectivity index (χ0v) is 14.7. The molecule has 2 heteroatoms. The minimum absolute atomic E-state index is 0.224. The van der Waals surface area contributed by atoms with Gasteiger partial charge in [-0.1, -0.05) is 48.5 Å². The molecule has 0 fully saturated rings. The Balaban J connectivity index is 0. The number of carbonyl (C=O) groups is 2. The molecule has 3 atom stereocenters. The summed E-state index contributed by atoms with van der Waals surface area (Å²) in [5.41, 5.74) is 0. The van der Waals surface area contributed by atoms with Crippen molar-refractivity contribution in [2.45, 2.75) is 74.1 Å². The van der Waals surface area contributed by atoms with Gasteiger partial charge in [-0.2, -0.15) is 0 Å². The quantitative estimate of drug-likeness (QED) is 0.549. The van der Waals surface area contributed by atoms with Crippen LogP contribution in [0.5, 0.6) is 0 Å². The van der Waals surface area contributed by atoms with Crippen LogP contribution in [-0.4, -0.2) is 12.6 Å². The zero-order valence-electron chi connectivity index (χ0n) is 14.7. The van der Waals surface area contributed by atoms with Gasteiger partial charge in [0.15, 0.2) is 0 Å². The summed E-state index contributed by atoms with van der Waals surface area (Å²) in [7, 11) is 0. The Hall–Kier alpha value is -0.660. The fourth-order valence-electron chi connectivity index (χ4n) is 2.37. The Morgan fingerprint density at radius 3 is 1.65 bits per heavy atom. The van der Waals surface area contributed by atoms with E-state index in [0.29, 0.717) is 17.8 Å². The molecule has 0 aliphatic heterocycles. The maximum atomic E-state index is 10.3. The van der Waals surface area contributed by atoms with Crippen LogP contribution in [0.1, 0.15) is 74.1 Å². The van der Waals surface area contributed by atoms with Crippen molar-refractivity contribution in [3.05, 3.63) is 0 Å². The molecule has 0 radical (unpaired) electrons. The first kappa shape index (κ1) is 21.6. The third-order valence-electron chi connectivity index (χ3n) is 3.61. The summed E-state index contributed by atoms with van der Waals surface area (Å²) in [6.07, 6.45) is 6.24. The van der Waals surface area contributed by atoms with E-state index in [1.807, 2.05) is 6.92 Å². The van der Waals surface area contributed by atoms with E-state index in [1.54, 1.807) is 0 Å². The number of aldehydes is 2. The van der Waals surface area contributed by atoms with Gasteiger partial charge in [-0.05, 0) is 42.9 Å². The van der Waals surface area contributed by atoms with Gasteiger partial charge < -0.3 is 9.59 Å². The van der Waals surface area contributed by atoms with E-state index in [1.165, 1.54) is 6.42 Å². The number of hydrogen-bond donors (Lipinski definition) is 0. The molecule has 0 N–H and O–H groups in total. The minimum atomic E-state index is 0.224. The molecule has 0 amide bonds. The average molecular weight is 284 g/mol. The molecule has 20 heavy (non-hydrogen) atoms. The zero-order chi connectivity index (χ0) is 16.1. The fourth-order valence-corrected chi connectivity index (χ4v) is 2.37. The summed E-state index contributed by atoms with van der Waals surface area (Å²) in [6, 6.07) is 0. The smallest absolute Gasteiger partial charge is 0.123 e. The Morgan fingerprint density at radius 2 is 1.30 bits per heavy atom. The van der Waals surface area contributed by atoms with Crippen LogP contribution in [0.25, 0.3) is 0 Å². The second-order valence-electron chi connectivity index (χ2n) is 7.08. The summed E-state index contributed by atoms with van der Waals surface area (Å²) in [6.45, 7) is 15.2. The summed E-state index contributed by atoms with van der Waals surface area (Å²) < 4.78 is 0. The van der Waals surface area contributed by atoms with Crippen LogP contribution in [-0.2, 0) is 9.59 Å². The van der Waals surface area contributed by atoms with E-state index in [4.69, 9.17) is 0 Å². The van der Waals surface area contributed by atoms with E-state index in [9.17, 15) is 9.59 Å². The molecule has 0 aromatic carbocycles. The highest BCUT2D eigenvalue weighted by Crippen LogP contribution is 2.17. The van der Waals surface area contributed by atoms with Gasteiger partial charge in [0.2, 0.25) is 0 Å². The van der Waals surface area contributed by atoms with Crippen molar-refractivity contribution in [3.63, 3.8) is 0 Å². The molecule has 0 spiro atoms. The third-order valence-corrected chi connectivity index (χ3v) is 3.61. The van der Waals surface area contributed by atoms with Crippen molar-refractivity contribution >= 4 is 12.6 Å². The van der Waals surface area contributed by atoms with Gasteiger partial charge in [-0.15, -0.1) is 0 Å². The lowest BCUT2D eigenvalue weighted by atomic mass is 9.89. The maximum Gasteiger partial charge on any atom is 0.123 e. The van der Waals surface area contributed by atoms with E-state index < -0.39 is 0 Å². The summed E-state index contributed by atoms with van der Waals surface area (Å²) >= 11 is 0. The van der Waals surface area contributed by atoms with Gasteiger partial charge in [-0.25, -0.2) is 0 Å². The molecular formula is C18H36O2. The normalized spacial score (nSPS) is 15.2. The van der Waals surface area contributed by atoms with Crippen molar-refractivity contribution in [1.29, 1.82) is 0 Å². The average Bonchev–Trinajstić information content (AvgIpc) is 2.34. The number of hydrogen-bond acceptors (Lipinski definition) is 2. The SMILES string of the molecule is CC(C)CC(C)C(C)C=O.CC(C)CC(C)CCC=O. The van der Waals surface area contributed by atoms with E-state index in [2.05, 4.69) is 41.5 Å². The molecule has 0 rings (SSSR count). The highest BCUT2D eigenvalue weighted by molar-refractivity contribution is 5.53. The van der Waals surface area contributed by atoms with Crippen LogP contribution in [0.2, 0.25) is 0 Å². The predicted molar refractivity (Wildman–Crippen MR) is 87.8 cm³/mol. The lowest BCUT2D eigenvalue weighted by molar-refractivity contribution is -0.112. The molecule has 0 aromatic heterocycles. The Morgan fingerprint density at radius 1 is 0.800 bits per heavy atom. The molecule has 0 heterocycles. The van der Waals surface area contributed by atoms with Crippen LogP contribution >= 0.6 is 0 Å². The topological polar surface area (TPSA) is 34.1 Å². The summed E-state index contributed by atoms with van der Waals surface area (Å²) in [4.78, 5) is 20.3. The number of carbonyl (C=O) groups excluding carboxylic acids is 2. The molecule has 2 nitrogen and oxygen atoms in total. The Labute approximate surface area is 126 Å². The Kier molecular flexibility index (Phi) is 14.4. The first-order chi connectivity index (χ1) is 9.24. The Bertz CT molecular complexity index is 234. The monoisotopic (exact) mass is 284 g/mol. The van der Waals surface area contributed by atoms with Gasteiger partial charge in [0.1, 0.15) is 12.6 Å². The summed E-state index contributed by atoms with van der Waals surface area (Å²) in [5, 5.41) is 0. The molecule has 3 unspecified atom stereocenters. The maximum absolute atomic E-state index is 10.3. The second kappa shape index (κ2) is 13.3. The fraction of sp³-hybridized carbons (Fsp3) is 0.889. The van der Waals surface area contributed by atoms with Gasteiger partial charge in [0.05, 0.1) is 0 Å². The molecule has 0 aliphatic carbocycles. The van der Waals surface area contributed by atoms with E-state index >= 15 is 0 Å². The molecule has 0 saturated heterocycles. The van der Waals surface area contributed by atoms with Crippen molar-refractivity contribution in [1.82, 2.24) is 0 Å². The number of rotatable bonds is 9. The molecule has 0 aliphatic rings. The second-order valence-corrected chi connectivity index (χ2v) is 7.08. The van der Waals surface area contributed by atoms with Gasteiger partial charge in [-0.3, -0.25) is 0 Å². The van der Waals surface area contributed by atoms with E-state index in [0.717, 1.165) is 37.8 Å². The first-order valence-corrected chi connectivity index (χ1v) is 8.13. The lowest BCUT2D eigenvalue weighted by Crippen LogP contribution is -2.11. The highest BCUT2D eigenvalue weighted by atomic mass is 16.1. The minimum Gasteiger partial charge on any atom is -0.303 e. The molecule has 120 valence electrons. The van der Waals surface area contributed by atoms with E-state index in [-0.39, 0.29) is 5.92 Å². The van der Waals surface area contributed by atoms with Crippen LogP contribution < -0.4 is 0 Å². The van der Waals surface area contributed by atoms with Crippen molar-refractivity contribution in [2.75, 3.05) is 0 Å². The van der Waals surface area contributed by atoms with Crippen LogP contribution in [0.15, 0.2) is 0 Å². The largest absolute Gasteiger partial charge is 0.303 e. The predicted octanol–water partition coefficient (Wildman–Crippen LogP) is 5.15. The molecule has 0 aromatic rings. The first-order valence-electron chi connectivity index (χ1n) is 8.13. The van der Waals surface area contributed by atoms with Crippen molar-refractivity contribution in [3.8, 4) is 0 Å². The van der Waals surface area contributed by atoms with Crippen LogP contribution in [0.3, 0.4) is 0 Å². The highest BCUT2D eigenvalue weighted by Gasteiger charge is 2.11. The standard InChI is InChI=1S/2C9H18O/c1-7(2)5-8(3)9(4)6-10;1-8(2)7-9(3)5-4-6-10/h6-9H,5H2,1-4H3;6,8-9H,4-5,7H2,1-3H3. The molecular weight excluding hydrogens is 248 g/mol. The lowest BCUT2D eigenvalue weighted by Gasteiger charge is -2.15.